The molecule has 4 N–H and O–H groups in total. The second-order valence-electron chi connectivity index (χ2n) is 4.64. The zero-order valence-electron chi connectivity index (χ0n) is 11.2. The smallest absolute Gasteiger partial charge is 0.261 e. The summed E-state index contributed by atoms with van der Waals surface area (Å²) in [6, 6.07) is 9.30. The van der Waals surface area contributed by atoms with E-state index in [4.69, 9.17) is 5.73 Å². The van der Waals surface area contributed by atoms with Gasteiger partial charge in [-0.05, 0) is 49.2 Å². The summed E-state index contributed by atoms with van der Waals surface area (Å²) in [4.78, 5) is 0.00806. The maximum Gasteiger partial charge on any atom is 0.261 e. The van der Waals surface area contributed by atoms with Crippen molar-refractivity contribution in [3.63, 3.8) is 0 Å². The Bertz CT molecular complexity index is 755. The number of sulfonamides is 1. The van der Waals surface area contributed by atoms with Crippen molar-refractivity contribution in [1.82, 2.24) is 0 Å². The van der Waals surface area contributed by atoms with E-state index in [2.05, 4.69) is 4.72 Å². The van der Waals surface area contributed by atoms with Gasteiger partial charge < -0.3 is 10.8 Å². The number of rotatable bonds is 3. The summed E-state index contributed by atoms with van der Waals surface area (Å²) in [6.45, 7) is 3.71. The minimum absolute atomic E-state index is 0.00806. The van der Waals surface area contributed by atoms with E-state index in [0.717, 1.165) is 11.1 Å². The van der Waals surface area contributed by atoms with Crippen molar-refractivity contribution in [2.45, 2.75) is 18.7 Å². The summed E-state index contributed by atoms with van der Waals surface area (Å²) in [5.41, 5.74) is 7.85. The number of benzene rings is 2. The fraction of sp³-hybridized carbons (Fsp3) is 0.143. The van der Waals surface area contributed by atoms with E-state index < -0.39 is 10.0 Å². The van der Waals surface area contributed by atoms with Crippen LogP contribution in [0.3, 0.4) is 0 Å². The molecule has 2 aromatic rings. The molecule has 2 rings (SSSR count). The molecule has 0 bridgehead atoms. The highest BCUT2D eigenvalue weighted by atomic mass is 32.2. The average Bonchev–Trinajstić information content (AvgIpc) is 2.36. The first-order valence-corrected chi connectivity index (χ1v) is 7.46. The van der Waals surface area contributed by atoms with Crippen LogP contribution in [0, 0.1) is 13.8 Å². The van der Waals surface area contributed by atoms with Gasteiger partial charge in [0.15, 0.2) is 0 Å². The van der Waals surface area contributed by atoms with Crippen LogP contribution in [-0.2, 0) is 10.0 Å². The summed E-state index contributed by atoms with van der Waals surface area (Å²) >= 11 is 0. The molecule has 6 heteroatoms. The Kier molecular flexibility index (Phi) is 3.59. The van der Waals surface area contributed by atoms with Crippen molar-refractivity contribution in [3.05, 3.63) is 47.5 Å². The van der Waals surface area contributed by atoms with Gasteiger partial charge in [-0.1, -0.05) is 12.1 Å². The van der Waals surface area contributed by atoms with Crippen LogP contribution in [0.2, 0.25) is 0 Å². The van der Waals surface area contributed by atoms with Crippen molar-refractivity contribution in [1.29, 1.82) is 0 Å². The van der Waals surface area contributed by atoms with E-state index in [9.17, 15) is 13.5 Å². The van der Waals surface area contributed by atoms with Gasteiger partial charge in [0.1, 0.15) is 5.75 Å². The SMILES string of the molecule is Cc1ccc(C)c(NS(=O)(=O)c2ccc(O)c(N)c2)c1. The molecule has 5 nitrogen and oxygen atoms in total. The Hall–Kier alpha value is -2.21. The molecule has 0 spiro atoms. The number of nitrogens with two attached hydrogens (primary N) is 1. The first-order valence-electron chi connectivity index (χ1n) is 5.98. The zero-order chi connectivity index (χ0) is 14.9. The minimum Gasteiger partial charge on any atom is -0.506 e. The van der Waals surface area contributed by atoms with Gasteiger partial charge in [-0.2, -0.15) is 0 Å². The highest BCUT2D eigenvalue weighted by Crippen LogP contribution is 2.26. The molecule has 2 aromatic carbocycles. The molecule has 20 heavy (non-hydrogen) atoms. The fourth-order valence-electron chi connectivity index (χ4n) is 1.75. The lowest BCUT2D eigenvalue weighted by atomic mass is 10.1. The molecular weight excluding hydrogens is 276 g/mol. The van der Waals surface area contributed by atoms with Crippen LogP contribution in [0.25, 0.3) is 0 Å². The molecule has 106 valence electrons. The van der Waals surface area contributed by atoms with Gasteiger partial charge in [0, 0.05) is 0 Å². The maximum absolute atomic E-state index is 12.3. The van der Waals surface area contributed by atoms with Crippen molar-refractivity contribution in [2.75, 3.05) is 10.5 Å². The molecule has 0 aromatic heterocycles. The third kappa shape index (κ3) is 2.85. The van der Waals surface area contributed by atoms with Crippen LogP contribution in [0.4, 0.5) is 11.4 Å². The Morgan fingerprint density at radius 2 is 1.80 bits per heavy atom. The molecule has 0 radical (unpaired) electrons. The molecular formula is C14H16N2O3S. The number of hydrogen-bond acceptors (Lipinski definition) is 4. The number of nitrogens with one attached hydrogen (secondary N) is 1. The van der Waals surface area contributed by atoms with Gasteiger partial charge in [0.2, 0.25) is 0 Å². The largest absolute Gasteiger partial charge is 0.506 e. The summed E-state index contributed by atoms with van der Waals surface area (Å²) < 4.78 is 27.1. The minimum atomic E-state index is -3.73. The Balaban J connectivity index is 2.40. The molecule has 0 aliphatic carbocycles. The van der Waals surface area contributed by atoms with E-state index in [-0.39, 0.29) is 16.3 Å². The Morgan fingerprint density at radius 1 is 1.10 bits per heavy atom. The first-order chi connectivity index (χ1) is 9.29. The molecule has 0 aliphatic heterocycles. The molecule has 0 aliphatic rings. The van der Waals surface area contributed by atoms with Crippen molar-refractivity contribution < 1.29 is 13.5 Å². The lowest BCUT2D eigenvalue weighted by Crippen LogP contribution is -2.14. The first kappa shape index (κ1) is 14.2. The average molecular weight is 292 g/mol. The highest BCUT2D eigenvalue weighted by Gasteiger charge is 2.16. The van der Waals surface area contributed by atoms with Gasteiger partial charge in [0.05, 0.1) is 16.3 Å². The lowest BCUT2D eigenvalue weighted by molar-refractivity contribution is 0.477. The summed E-state index contributed by atoms with van der Waals surface area (Å²) in [5.74, 6) is -0.143. The van der Waals surface area contributed by atoms with Gasteiger partial charge >= 0.3 is 0 Å². The van der Waals surface area contributed by atoms with E-state index >= 15 is 0 Å². The zero-order valence-corrected chi connectivity index (χ0v) is 12.0. The topological polar surface area (TPSA) is 92.4 Å². The Labute approximate surface area is 118 Å². The Morgan fingerprint density at radius 3 is 2.45 bits per heavy atom. The quantitative estimate of drug-likeness (QED) is 0.598. The molecule has 0 atom stereocenters. The van der Waals surface area contributed by atoms with Gasteiger partial charge in [0.25, 0.3) is 10.0 Å². The number of phenolic OH excluding ortho intramolecular Hbond substituents is 1. The second kappa shape index (κ2) is 5.05. The second-order valence-corrected chi connectivity index (χ2v) is 6.33. The summed E-state index contributed by atoms with van der Waals surface area (Å²) in [7, 11) is -3.73. The standard InChI is InChI=1S/C14H16N2O3S/c1-9-3-4-10(2)13(7-9)16-20(18,19)11-5-6-14(17)12(15)8-11/h3-8,16-17H,15H2,1-2H3. The molecule has 0 saturated heterocycles. The predicted molar refractivity (Wildman–Crippen MR) is 79.2 cm³/mol. The van der Waals surface area contributed by atoms with Crippen LogP contribution in [0.1, 0.15) is 11.1 Å². The molecule has 0 unspecified atom stereocenters. The lowest BCUT2D eigenvalue weighted by Gasteiger charge is -2.12. The number of nitrogen functional groups attached to an aromatic ring is 1. The molecule has 0 amide bonds. The number of anilines is 2. The maximum atomic E-state index is 12.3. The highest BCUT2D eigenvalue weighted by molar-refractivity contribution is 7.92. The predicted octanol–water partition coefficient (Wildman–Crippen LogP) is 2.39. The summed E-state index contributed by atoms with van der Waals surface area (Å²) in [6.07, 6.45) is 0. The van der Waals surface area contributed by atoms with E-state index in [1.807, 2.05) is 26.0 Å². The van der Waals surface area contributed by atoms with Gasteiger partial charge in [-0.15, -0.1) is 0 Å². The van der Waals surface area contributed by atoms with Crippen LogP contribution in [0.5, 0.6) is 5.75 Å². The van der Waals surface area contributed by atoms with Crippen LogP contribution in [-0.4, -0.2) is 13.5 Å². The number of aromatic hydroxyl groups is 1. The van der Waals surface area contributed by atoms with E-state index in [1.54, 1.807) is 6.07 Å². The monoisotopic (exact) mass is 292 g/mol. The molecule has 0 heterocycles. The number of aryl methyl sites for hydroxylation is 2. The molecule has 0 fully saturated rings. The number of hydrogen-bond donors (Lipinski definition) is 3. The summed E-state index contributed by atoms with van der Waals surface area (Å²) in [5, 5.41) is 9.34. The fourth-order valence-corrected chi connectivity index (χ4v) is 2.91. The van der Waals surface area contributed by atoms with E-state index in [0.29, 0.717) is 5.69 Å². The van der Waals surface area contributed by atoms with Crippen LogP contribution in [0.15, 0.2) is 41.3 Å². The molecule has 0 saturated carbocycles. The van der Waals surface area contributed by atoms with E-state index in [1.165, 1.54) is 18.2 Å². The van der Waals surface area contributed by atoms with Gasteiger partial charge in [-0.25, -0.2) is 8.42 Å². The van der Waals surface area contributed by atoms with Crippen molar-refractivity contribution >= 4 is 21.4 Å². The van der Waals surface area contributed by atoms with Crippen LogP contribution < -0.4 is 10.5 Å². The van der Waals surface area contributed by atoms with Gasteiger partial charge in [-0.3, -0.25) is 4.72 Å². The number of phenols is 1. The third-order valence-electron chi connectivity index (χ3n) is 2.95. The van der Waals surface area contributed by atoms with Crippen molar-refractivity contribution in [3.8, 4) is 5.75 Å². The van der Waals surface area contributed by atoms with Crippen LogP contribution >= 0.6 is 0 Å². The van der Waals surface area contributed by atoms with Crippen molar-refractivity contribution in [2.24, 2.45) is 0 Å². The normalized spacial score (nSPS) is 11.3. The third-order valence-corrected chi connectivity index (χ3v) is 4.31.